The van der Waals surface area contributed by atoms with Crippen LogP contribution in [0.15, 0.2) is 48.0 Å². The average molecular weight is 459 g/mol. The molecule has 34 heavy (non-hydrogen) atoms. The van der Waals surface area contributed by atoms with Crippen molar-refractivity contribution in [2.75, 3.05) is 26.3 Å². The molecule has 0 bridgehead atoms. The van der Waals surface area contributed by atoms with E-state index in [0.29, 0.717) is 44.3 Å². The van der Waals surface area contributed by atoms with Crippen LogP contribution in [0.4, 0.5) is 0 Å². The first-order valence-corrected chi connectivity index (χ1v) is 12.1. The fourth-order valence-corrected chi connectivity index (χ4v) is 5.38. The summed E-state index contributed by atoms with van der Waals surface area (Å²) >= 11 is 0. The number of carboxylic acid groups (broad SMARTS) is 1. The molecule has 6 nitrogen and oxygen atoms in total. The molecule has 1 saturated heterocycles. The summed E-state index contributed by atoms with van der Waals surface area (Å²) in [6.07, 6.45) is 4.10. The summed E-state index contributed by atoms with van der Waals surface area (Å²) < 4.78 is 7.61. The van der Waals surface area contributed by atoms with E-state index < -0.39 is 5.97 Å². The van der Waals surface area contributed by atoms with Crippen LogP contribution in [0, 0.1) is 0 Å². The van der Waals surface area contributed by atoms with Gasteiger partial charge in [-0.1, -0.05) is 50.6 Å². The number of amides is 1. The Hall–Kier alpha value is -3.38. The van der Waals surface area contributed by atoms with Gasteiger partial charge in [-0.2, -0.15) is 0 Å². The second kappa shape index (κ2) is 9.11. The van der Waals surface area contributed by atoms with Crippen LogP contribution < -0.4 is 0 Å². The van der Waals surface area contributed by atoms with Crippen LogP contribution in [0.3, 0.4) is 0 Å². The first-order valence-electron chi connectivity index (χ1n) is 12.1. The van der Waals surface area contributed by atoms with Crippen LogP contribution in [0.2, 0.25) is 0 Å². The van der Waals surface area contributed by atoms with Crippen molar-refractivity contribution in [3.05, 3.63) is 64.7 Å². The Morgan fingerprint density at radius 3 is 2.62 bits per heavy atom. The first kappa shape index (κ1) is 22.4. The third-order valence-corrected chi connectivity index (χ3v) is 7.01. The van der Waals surface area contributed by atoms with E-state index in [4.69, 9.17) is 4.74 Å². The van der Waals surface area contributed by atoms with Gasteiger partial charge < -0.3 is 19.3 Å². The lowest BCUT2D eigenvalue weighted by molar-refractivity contribution is -0.131. The summed E-state index contributed by atoms with van der Waals surface area (Å²) in [5, 5.41) is 10.7. The van der Waals surface area contributed by atoms with Crippen LogP contribution >= 0.6 is 0 Å². The number of rotatable bonds is 5. The number of fused-ring (bicyclic) bond motifs is 5. The lowest BCUT2D eigenvalue weighted by Gasteiger charge is -2.28. The van der Waals surface area contributed by atoms with E-state index in [-0.39, 0.29) is 11.5 Å². The highest BCUT2D eigenvalue weighted by Crippen LogP contribution is 2.43. The van der Waals surface area contributed by atoms with Gasteiger partial charge in [-0.05, 0) is 41.7 Å². The summed E-state index contributed by atoms with van der Waals surface area (Å²) in [5.41, 5.74) is 6.25. The molecule has 0 radical (unpaired) electrons. The molecule has 1 N–H and O–H groups in total. The fourth-order valence-electron chi connectivity index (χ4n) is 5.38. The molecule has 0 spiro atoms. The van der Waals surface area contributed by atoms with Crippen molar-refractivity contribution in [3.8, 4) is 11.3 Å². The Balaban J connectivity index is 1.76. The molecule has 0 aliphatic carbocycles. The quantitative estimate of drug-likeness (QED) is 0.573. The van der Waals surface area contributed by atoms with Gasteiger partial charge in [0.05, 0.1) is 31.0 Å². The van der Waals surface area contributed by atoms with Gasteiger partial charge in [0.25, 0.3) is 5.91 Å². The highest BCUT2D eigenvalue weighted by molar-refractivity contribution is 6.03. The third kappa shape index (κ3) is 3.82. The van der Waals surface area contributed by atoms with Gasteiger partial charge in [0.2, 0.25) is 0 Å². The number of ether oxygens (including phenoxy) is 1. The molecule has 5 rings (SSSR count). The summed E-state index contributed by atoms with van der Waals surface area (Å²) in [6, 6.07) is 13.6. The van der Waals surface area contributed by atoms with Gasteiger partial charge in [0, 0.05) is 35.1 Å². The minimum Gasteiger partial charge on any atom is -0.478 e. The number of carboxylic acids is 1. The molecule has 1 amide bonds. The Bertz CT molecular complexity index is 1300. The van der Waals surface area contributed by atoms with E-state index in [9.17, 15) is 14.7 Å². The topological polar surface area (TPSA) is 71.8 Å². The van der Waals surface area contributed by atoms with Gasteiger partial charge >= 0.3 is 5.97 Å². The molecule has 176 valence electrons. The normalized spacial score (nSPS) is 16.4. The maximum Gasteiger partial charge on any atom is 0.335 e. The van der Waals surface area contributed by atoms with Crippen molar-refractivity contribution >= 4 is 28.9 Å². The summed E-state index contributed by atoms with van der Waals surface area (Å²) in [5.74, 6) is -0.635. The van der Waals surface area contributed by atoms with E-state index in [2.05, 4.69) is 30.5 Å². The summed E-state index contributed by atoms with van der Waals surface area (Å²) in [6.45, 7) is 7.09. The standard InChI is InChI=1S/C28H30N2O4/c1-3-6-18(2)25-23-10-9-20(28(32)33)16-24(23)30-17-21(27(31)29-11-13-34-14-12-29)15-19-7-4-5-8-22(19)26(25)30/h4-5,7-10,15-16,18H,3,6,11-14,17H2,1-2H3,(H,32,33). The zero-order chi connectivity index (χ0) is 23.8. The predicted octanol–water partition coefficient (Wildman–Crippen LogP) is 5.17. The molecule has 1 fully saturated rings. The second-order valence-corrected chi connectivity index (χ2v) is 9.24. The van der Waals surface area contributed by atoms with E-state index in [1.165, 1.54) is 5.56 Å². The minimum absolute atomic E-state index is 0.0188. The van der Waals surface area contributed by atoms with Gasteiger partial charge in [-0.3, -0.25) is 4.79 Å². The Morgan fingerprint density at radius 2 is 1.88 bits per heavy atom. The first-order chi connectivity index (χ1) is 16.5. The van der Waals surface area contributed by atoms with E-state index in [1.54, 1.807) is 12.1 Å². The number of hydrogen-bond donors (Lipinski definition) is 1. The van der Waals surface area contributed by atoms with Crippen molar-refractivity contribution in [3.63, 3.8) is 0 Å². The van der Waals surface area contributed by atoms with Gasteiger partial charge in [0.1, 0.15) is 0 Å². The fraction of sp³-hybridized carbons (Fsp3) is 0.357. The second-order valence-electron chi connectivity index (χ2n) is 9.24. The van der Waals surface area contributed by atoms with Crippen LogP contribution in [-0.4, -0.2) is 52.8 Å². The Kier molecular flexibility index (Phi) is 6.00. The van der Waals surface area contributed by atoms with Crippen LogP contribution in [0.25, 0.3) is 28.2 Å². The maximum atomic E-state index is 13.6. The molecule has 3 aromatic rings. The Morgan fingerprint density at radius 1 is 1.12 bits per heavy atom. The van der Waals surface area contributed by atoms with E-state index >= 15 is 0 Å². The molecule has 1 atom stereocenters. The molecule has 0 saturated carbocycles. The molecular formula is C28H30N2O4. The van der Waals surface area contributed by atoms with Crippen LogP contribution in [0.1, 0.15) is 54.1 Å². The molecule has 2 aromatic carbocycles. The molecule has 1 aromatic heterocycles. The maximum absolute atomic E-state index is 13.6. The van der Waals surface area contributed by atoms with Crippen molar-refractivity contribution in [2.24, 2.45) is 0 Å². The monoisotopic (exact) mass is 458 g/mol. The van der Waals surface area contributed by atoms with Crippen molar-refractivity contribution in [2.45, 2.75) is 39.2 Å². The summed E-state index contributed by atoms with van der Waals surface area (Å²) in [4.78, 5) is 27.2. The molecule has 2 aliphatic rings. The molecule has 2 aliphatic heterocycles. The minimum atomic E-state index is -0.949. The lowest BCUT2D eigenvalue weighted by Crippen LogP contribution is -2.41. The summed E-state index contributed by atoms with van der Waals surface area (Å²) in [7, 11) is 0. The number of nitrogens with zero attached hydrogens (tertiary/aromatic N) is 2. The molecule has 1 unspecified atom stereocenters. The smallest absolute Gasteiger partial charge is 0.335 e. The van der Waals surface area contributed by atoms with Crippen molar-refractivity contribution < 1.29 is 19.4 Å². The van der Waals surface area contributed by atoms with Crippen LogP contribution in [0.5, 0.6) is 0 Å². The molecular weight excluding hydrogens is 428 g/mol. The van der Waals surface area contributed by atoms with Gasteiger partial charge in [-0.15, -0.1) is 0 Å². The highest BCUT2D eigenvalue weighted by Gasteiger charge is 2.29. The number of carbonyl (C=O) groups is 2. The van der Waals surface area contributed by atoms with E-state index in [1.807, 2.05) is 29.2 Å². The lowest BCUT2D eigenvalue weighted by atomic mass is 9.90. The number of carbonyl (C=O) groups excluding carboxylic acids is 1. The highest BCUT2D eigenvalue weighted by atomic mass is 16.5. The van der Waals surface area contributed by atoms with Crippen molar-refractivity contribution in [1.82, 2.24) is 9.47 Å². The van der Waals surface area contributed by atoms with Crippen LogP contribution in [-0.2, 0) is 16.1 Å². The third-order valence-electron chi connectivity index (χ3n) is 7.01. The molecule has 6 heteroatoms. The van der Waals surface area contributed by atoms with Crippen molar-refractivity contribution in [1.29, 1.82) is 0 Å². The number of hydrogen-bond acceptors (Lipinski definition) is 3. The van der Waals surface area contributed by atoms with Gasteiger partial charge in [0.15, 0.2) is 0 Å². The number of aromatic carboxylic acids is 1. The average Bonchev–Trinajstić information content (AvgIpc) is 3.07. The van der Waals surface area contributed by atoms with E-state index in [0.717, 1.165) is 40.6 Å². The Labute approximate surface area is 199 Å². The number of aromatic nitrogens is 1. The largest absolute Gasteiger partial charge is 0.478 e. The zero-order valence-electron chi connectivity index (χ0n) is 19.7. The SMILES string of the molecule is CCCC(C)c1c2n(c3cc(C(=O)O)ccc13)CC(C(=O)N1CCOCC1)=Cc1ccccc1-2. The number of benzene rings is 2. The predicted molar refractivity (Wildman–Crippen MR) is 133 cm³/mol. The zero-order valence-corrected chi connectivity index (χ0v) is 19.7. The van der Waals surface area contributed by atoms with Gasteiger partial charge in [-0.25, -0.2) is 4.79 Å². The number of morpholine rings is 1. The molecule has 3 heterocycles.